The van der Waals surface area contributed by atoms with Gasteiger partial charge >= 0.3 is 0 Å². The predicted molar refractivity (Wildman–Crippen MR) is 96.1 cm³/mol. The van der Waals surface area contributed by atoms with Crippen LogP contribution < -0.4 is 9.47 Å². The second kappa shape index (κ2) is 8.05. The highest BCUT2D eigenvalue weighted by Gasteiger charge is 2.29. The predicted octanol–water partition coefficient (Wildman–Crippen LogP) is 3.69. The number of hydrogen-bond acceptors (Lipinski definition) is 3. The minimum atomic E-state index is -1.52. The molecule has 0 amide bonds. The molecule has 0 fully saturated rings. The Hall–Kier alpha value is -2.96. The zero-order chi connectivity index (χ0) is 17.4. The lowest BCUT2D eigenvalue weighted by Crippen LogP contribution is -2.24. The van der Waals surface area contributed by atoms with E-state index in [-0.39, 0.29) is 0 Å². The van der Waals surface area contributed by atoms with Crippen LogP contribution in [-0.2, 0) is 5.60 Å². The molecular formula is C21H20O3. The van der Waals surface area contributed by atoms with Gasteiger partial charge in [0, 0.05) is 11.1 Å². The molecule has 0 saturated heterocycles. The van der Waals surface area contributed by atoms with Crippen LogP contribution in [0.5, 0.6) is 11.5 Å². The first-order chi connectivity index (χ1) is 11.6. The van der Waals surface area contributed by atoms with Gasteiger partial charge in [0.15, 0.2) is 5.60 Å². The van der Waals surface area contributed by atoms with Crippen molar-refractivity contribution < 1.29 is 14.6 Å². The van der Waals surface area contributed by atoms with E-state index in [0.717, 1.165) is 0 Å². The molecule has 0 aromatic heterocycles. The molecule has 122 valence electrons. The Kier molecular flexibility index (Phi) is 5.83. The van der Waals surface area contributed by atoms with Crippen LogP contribution >= 0.6 is 0 Å². The monoisotopic (exact) mass is 320 g/mol. The van der Waals surface area contributed by atoms with Gasteiger partial charge in [-0.25, -0.2) is 0 Å². The largest absolute Gasteiger partial charge is 0.490 e. The third-order valence-electron chi connectivity index (χ3n) is 3.49. The molecule has 0 bridgehead atoms. The van der Waals surface area contributed by atoms with Gasteiger partial charge in [0.05, 0.1) is 0 Å². The number of terminal acetylenes is 1. The van der Waals surface area contributed by atoms with Gasteiger partial charge in [0.1, 0.15) is 24.7 Å². The summed E-state index contributed by atoms with van der Waals surface area (Å²) < 4.78 is 10.9. The van der Waals surface area contributed by atoms with E-state index in [1.165, 1.54) is 0 Å². The second-order valence-corrected chi connectivity index (χ2v) is 5.10. The molecule has 0 radical (unpaired) electrons. The van der Waals surface area contributed by atoms with Gasteiger partial charge in [-0.15, -0.1) is 6.42 Å². The second-order valence-electron chi connectivity index (χ2n) is 5.10. The molecule has 0 aliphatic carbocycles. The van der Waals surface area contributed by atoms with Crippen LogP contribution in [0.25, 0.3) is 0 Å². The number of ether oxygens (including phenoxy) is 2. The van der Waals surface area contributed by atoms with E-state index in [1.54, 1.807) is 60.7 Å². The minimum absolute atomic E-state index is 0.422. The normalized spacial score (nSPS) is 10.5. The molecule has 24 heavy (non-hydrogen) atoms. The number of benzene rings is 2. The third kappa shape index (κ3) is 3.87. The summed E-state index contributed by atoms with van der Waals surface area (Å²) in [4.78, 5) is 0. The van der Waals surface area contributed by atoms with Gasteiger partial charge in [-0.1, -0.05) is 55.5 Å². The molecule has 0 heterocycles. The van der Waals surface area contributed by atoms with E-state index in [9.17, 15) is 5.11 Å². The van der Waals surface area contributed by atoms with E-state index in [2.05, 4.69) is 19.1 Å². The Morgan fingerprint density at radius 2 is 1.25 bits per heavy atom. The van der Waals surface area contributed by atoms with Gasteiger partial charge in [-0.3, -0.25) is 0 Å². The van der Waals surface area contributed by atoms with Crippen LogP contribution in [0, 0.1) is 12.3 Å². The number of rotatable bonds is 8. The minimum Gasteiger partial charge on any atom is -0.490 e. The van der Waals surface area contributed by atoms with Crippen molar-refractivity contribution in [3.05, 3.63) is 85.0 Å². The van der Waals surface area contributed by atoms with Gasteiger partial charge in [-0.2, -0.15) is 0 Å². The standard InChI is InChI=1S/C21H20O3/c1-4-15-23-19-11-7-17(8-12-19)21(22,6-3)18-9-13-20(14-10-18)24-16-5-2/h3-5,7-14,22H,1-2,15-16H2. The maximum atomic E-state index is 10.9. The van der Waals surface area contributed by atoms with Crippen LogP contribution in [0.3, 0.4) is 0 Å². The molecule has 1 N–H and O–H groups in total. The fraction of sp³-hybridized carbons (Fsp3) is 0.143. The third-order valence-corrected chi connectivity index (χ3v) is 3.49. The summed E-state index contributed by atoms with van der Waals surface area (Å²) in [5.74, 6) is 3.85. The highest BCUT2D eigenvalue weighted by Crippen LogP contribution is 2.31. The van der Waals surface area contributed by atoms with Gasteiger partial charge < -0.3 is 14.6 Å². The Morgan fingerprint density at radius 3 is 1.54 bits per heavy atom. The molecule has 0 spiro atoms. The summed E-state index contributed by atoms with van der Waals surface area (Å²) in [5, 5.41) is 10.9. The maximum Gasteiger partial charge on any atom is 0.176 e. The summed E-state index contributed by atoms with van der Waals surface area (Å²) in [6.07, 6.45) is 8.96. The van der Waals surface area contributed by atoms with Crippen molar-refractivity contribution in [2.24, 2.45) is 0 Å². The highest BCUT2D eigenvalue weighted by atomic mass is 16.5. The average molecular weight is 320 g/mol. The maximum absolute atomic E-state index is 10.9. The van der Waals surface area contributed by atoms with Crippen molar-refractivity contribution in [3.8, 4) is 23.8 Å². The van der Waals surface area contributed by atoms with Crippen molar-refractivity contribution in [2.75, 3.05) is 13.2 Å². The lowest BCUT2D eigenvalue weighted by molar-refractivity contribution is 0.145. The molecule has 2 aromatic carbocycles. The molecule has 2 rings (SSSR count). The summed E-state index contributed by atoms with van der Waals surface area (Å²) >= 11 is 0. The average Bonchev–Trinajstić information content (AvgIpc) is 2.65. The first kappa shape index (κ1) is 17.4. The lowest BCUT2D eigenvalue weighted by Gasteiger charge is -2.24. The van der Waals surface area contributed by atoms with Crippen LogP contribution in [0.4, 0.5) is 0 Å². The number of hydrogen-bond donors (Lipinski definition) is 1. The summed E-state index contributed by atoms with van der Waals surface area (Å²) in [5.41, 5.74) is -0.333. The van der Waals surface area contributed by atoms with E-state index in [4.69, 9.17) is 15.9 Å². The molecule has 0 unspecified atom stereocenters. The Bertz CT molecular complexity index is 666. The molecule has 0 saturated carbocycles. The Labute approximate surface area is 142 Å². The SMILES string of the molecule is C#CC(O)(c1ccc(OCC=C)cc1)c1ccc(OCC=C)cc1. The van der Waals surface area contributed by atoms with Gasteiger partial charge in [0.25, 0.3) is 0 Å². The van der Waals surface area contributed by atoms with Crippen LogP contribution in [0.15, 0.2) is 73.8 Å². The topological polar surface area (TPSA) is 38.7 Å². The fourth-order valence-corrected chi connectivity index (χ4v) is 2.23. The lowest BCUT2D eigenvalue weighted by atomic mass is 9.87. The summed E-state index contributed by atoms with van der Waals surface area (Å²) in [6.45, 7) is 8.05. The van der Waals surface area contributed by atoms with Crippen molar-refractivity contribution in [3.63, 3.8) is 0 Å². The van der Waals surface area contributed by atoms with Crippen molar-refractivity contribution in [2.45, 2.75) is 5.60 Å². The van der Waals surface area contributed by atoms with Crippen LogP contribution in [-0.4, -0.2) is 18.3 Å². The first-order valence-corrected chi connectivity index (χ1v) is 7.52. The smallest absolute Gasteiger partial charge is 0.176 e. The molecule has 2 aromatic rings. The molecular weight excluding hydrogens is 300 g/mol. The highest BCUT2D eigenvalue weighted by molar-refractivity contribution is 5.46. The summed E-state index contributed by atoms with van der Waals surface area (Å²) in [6, 6.07) is 14.1. The molecule has 0 aliphatic rings. The van der Waals surface area contributed by atoms with Crippen molar-refractivity contribution in [1.29, 1.82) is 0 Å². The van der Waals surface area contributed by atoms with Gasteiger partial charge in [0.2, 0.25) is 0 Å². The van der Waals surface area contributed by atoms with Crippen molar-refractivity contribution in [1.82, 2.24) is 0 Å². The molecule has 0 atom stereocenters. The first-order valence-electron chi connectivity index (χ1n) is 7.52. The summed E-state index contributed by atoms with van der Waals surface area (Å²) in [7, 11) is 0. The molecule has 0 aliphatic heterocycles. The zero-order valence-electron chi connectivity index (χ0n) is 13.4. The number of aliphatic hydroxyl groups is 1. The van der Waals surface area contributed by atoms with E-state index < -0.39 is 5.60 Å². The van der Waals surface area contributed by atoms with Crippen LogP contribution in [0.1, 0.15) is 11.1 Å². The van der Waals surface area contributed by atoms with Crippen LogP contribution in [0.2, 0.25) is 0 Å². The quantitative estimate of drug-likeness (QED) is 0.595. The zero-order valence-corrected chi connectivity index (χ0v) is 13.4. The fourth-order valence-electron chi connectivity index (χ4n) is 2.23. The Morgan fingerprint density at radius 1 is 0.875 bits per heavy atom. The molecule has 3 nitrogen and oxygen atoms in total. The van der Waals surface area contributed by atoms with E-state index in [1.807, 2.05) is 0 Å². The van der Waals surface area contributed by atoms with Gasteiger partial charge in [-0.05, 0) is 24.3 Å². The van der Waals surface area contributed by atoms with E-state index in [0.29, 0.717) is 35.8 Å². The molecule has 3 heteroatoms. The van der Waals surface area contributed by atoms with E-state index >= 15 is 0 Å². The Balaban J connectivity index is 2.25. The van der Waals surface area contributed by atoms with Crippen molar-refractivity contribution >= 4 is 0 Å².